The first-order valence-electron chi connectivity index (χ1n) is 8.94. The lowest BCUT2D eigenvalue weighted by Gasteiger charge is -2.09. The fourth-order valence-corrected chi connectivity index (χ4v) is 3.96. The van der Waals surface area contributed by atoms with E-state index in [2.05, 4.69) is 9.71 Å². The molecule has 3 rings (SSSR count). The summed E-state index contributed by atoms with van der Waals surface area (Å²) in [6.07, 6.45) is 0. The second-order valence-corrected chi connectivity index (χ2v) is 7.89. The fourth-order valence-electron chi connectivity index (χ4n) is 2.72. The van der Waals surface area contributed by atoms with Crippen molar-refractivity contribution in [1.29, 1.82) is 0 Å². The molecule has 0 amide bonds. The SMILES string of the molecule is CCOc1ccc(C(=O)COC(=O)C(C)N=C2NS(=O)(=O)c3ccccc32)cc1. The summed E-state index contributed by atoms with van der Waals surface area (Å²) in [6.45, 7) is 3.40. The number of ether oxygens (including phenoxy) is 2. The topological polar surface area (TPSA) is 111 Å². The summed E-state index contributed by atoms with van der Waals surface area (Å²) in [5.41, 5.74) is 0.773. The first kappa shape index (κ1) is 20.5. The maximum absolute atomic E-state index is 12.2. The normalized spacial score (nSPS) is 16.6. The van der Waals surface area contributed by atoms with Gasteiger partial charge in [0.25, 0.3) is 10.0 Å². The van der Waals surface area contributed by atoms with Crippen molar-refractivity contribution in [3.63, 3.8) is 0 Å². The molecule has 1 atom stereocenters. The van der Waals surface area contributed by atoms with E-state index in [1.165, 1.54) is 13.0 Å². The molecule has 1 N–H and O–H groups in total. The second kappa shape index (κ2) is 8.44. The molecule has 1 aliphatic heterocycles. The molecule has 9 heteroatoms. The average molecular weight is 416 g/mol. The van der Waals surface area contributed by atoms with Gasteiger partial charge < -0.3 is 9.47 Å². The third-order valence-electron chi connectivity index (χ3n) is 4.16. The fraction of sp³-hybridized carbons (Fsp3) is 0.250. The van der Waals surface area contributed by atoms with Crippen LogP contribution in [0.5, 0.6) is 5.75 Å². The number of fused-ring (bicyclic) bond motifs is 1. The number of nitrogens with one attached hydrogen (secondary N) is 1. The van der Waals surface area contributed by atoms with Crippen LogP contribution in [0, 0.1) is 0 Å². The number of hydrogen-bond acceptors (Lipinski definition) is 7. The van der Waals surface area contributed by atoms with Gasteiger partial charge in [-0.3, -0.25) is 14.5 Å². The van der Waals surface area contributed by atoms with E-state index < -0.39 is 28.6 Å². The number of carbonyl (C=O) groups excluding carboxylic acids is 2. The number of aliphatic imine (C=N–C) groups is 1. The number of ketones is 1. The Kier molecular flexibility index (Phi) is 5.97. The van der Waals surface area contributed by atoms with Crippen LogP contribution in [0.4, 0.5) is 0 Å². The Morgan fingerprint density at radius 2 is 1.79 bits per heavy atom. The van der Waals surface area contributed by atoms with Gasteiger partial charge in [-0.25, -0.2) is 13.2 Å². The van der Waals surface area contributed by atoms with Crippen LogP contribution in [0.1, 0.15) is 29.8 Å². The molecule has 0 spiro atoms. The number of rotatable bonds is 7. The molecular weight excluding hydrogens is 396 g/mol. The minimum Gasteiger partial charge on any atom is -0.494 e. The largest absolute Gasteiger partial charge is 0.494 e. The van der Waals surface area contributed by atoms with Gasteiger partial charge in [-0.15, -0.1) is 0 Å². The molecule has 0 fully saturated rings. The van der Waals surface area contributed by atoms with Crippen LogP contribution in [0.3, 0.4) is 0 Å². The number of hydrogen-bond donors (Lipinski definition) is 1. The van der Waals surface area contributed by atoms with Crippen molar-refractivity contribution >= 4 is 27.6 Å². The summed E-state index contributed by atoms with van der Waals surface area (Å²) < 4.78 is 36.9. The summed E-state index contributed by atoms with van der Waals surface area (Å²) in [4.78, 5) is 28.6. The van der Waals surface area contributed by atoms with Crippen molar-refractivity contribution < 1.29 is 27.5 Å². The zero-order valence-corrected chi connectivity index (χ0v) is 16.7. The Balaban J connectivity index is 1.63. The molecule has 1 heterocycles. The van der Waals surface area contributed by atoms with E-state index in [1.807, 2.05) is 6.92 Å². The number of benzene rings is 2. The van der Waals surface area contributed by atoms with E-state index in [0.29, 0.717) is 23.5 Å². The summed E-state index contributed by atoms with van der Waals surface area (Å²) in [7, 11) is -3.69. The summed E-state index contributed by atoms with van der Waals surface area (Å²) in [5.74, 6) is -0.388. The van der Waals surface area contributed by atoms with Crippen molar-refractivity contribution in [2.75, 3.05) is 13.2 Å². The molecule has 0 aromatic heterocycles. The lowest BCUT2D eigenvalue weighted by molar-refractivity contribution is -0.143. The van der Waals surface area contributed by atoms with E-state index in [9.17, 15) is 18.0 Å². The highest BCUT2D eigenvalue weighted by atomic mass is 32.2. The summed E-state index contributed by atoms with van der Waals surface area (Å²) >= 11 is 0. The van der Waals surface area contributed by atoms with E-state index in [4.69, 9.17) is 9.47 Å². The number of carbonyl (C=O) groups is 2. The van der Waals surface area contributed by atoms with Gasteiger partial charge in [-0.1, -0.05) is 12.1 Å². The molecule has 2 aromatic carbocycles. The molecule has 0 saturated carbocycles. The zero-order valence-electron chi connectivity index (χ0n) is 15.9. The lowest BCUT2D eigenvalue weighted by atomic mass is 10.1. The molecule has 8 nitrogen and oxygen atoms in total. The minimum atomic E-state index is -3.69. The average Bonchev–Trinajstić information content (AvgIpc) is 2.97. The highest BCUT2D eigenvalue weighted by Crippen LogP contribution is 2.22. The number of nitrogens with zero attached hydrogens (tertiary/aromatic N) is 1. The lowest BCUT2D eigenvalue weighted by Crippen LogP contribution is -2.27. The molecule has 0 saturated heterocycles. The van der Waals surface area contributed by atoms with Crippen LogP contribution in [-0.4, -0.2) is 45.3 Å². The predicted octanol–water partition coefficient (Wildman–Crippen LogP) is 1.94. The zero-order chi connectivity index (χ0) is 21.0. The number of amidine groups is 1. The second-order valence-electron chi connectivity index (χ2n) is 6.24. The third kappa shape index (κ3) is 4.62. The molecule has 1 aliphatic rings. The Labute approximate surface area is 168 Å². The van der Waals surface area contributed by atoms with Crippen molar-refractivity contribution in [3.8, 4) is 5.75 Å². The van der Waals surface area contributed by atoms with Crippen molar-refractivity contribution in [2.45, 2.75) is 24.8 Å². The van der Waals surface area contributed by atoms with E-state index >= 15 is 0 Å². The van der Waals surface area contributed by atoms with Gasteiger partial charge in [0.2, 0.25) is 0 Å². The molecule has 29 heavy (non-hydrogen) atoms. The minimum absolute atomic E-state index is 0.0721. The van der Waals surface area contributed by atoms with Crippen LogP contribution < -0.4 is 9.46 Å². The third-order valence-corrected chi connectivity index (χ3v) is 5.56. The van der Waals surface area contributed by atoms with Crippen LogP contribution in [-0.2, 0) is 19.6 Å². The van der Waals surface area contributed by atoms with Gasteiger partial charge in [-0.2, -0.15) is 0 Å². The smallest absolute Gasteiger partial charge is 0.331 e. The van der Waals surface area contributed by atoms with E-state index in [0.717, 1.165) is 0 Å². The highest BCUT2D eigenvalue weighted by molar-refractivity contribution is 7.90. The van der Waals surface area contributed by atoms with Gasteiger partial charge in [0.05, 0.1) is 11.5 Å². The van der Waals surface area contributed by atoms with Crippen LogP contribution in [0.15, 0.2) is 58.4 Å². The van der Waals surface area contributed by atoms with Gasteiger partial charge in [0, 0.05) is 11.1 Å². The van der Waals surface area contributed by atoms with Crippen LogP contribution in [0.2, 0.25) is 0 Å². The molecular formula is C20H20N2O6S. The molecule has 2 aromatic rings. The standard InChI is InChI=1S/C20H20N2O6S/c1-3-27-15-10-8-14(9-11-15)17(23)12-28-20(24)13(2)21-19-16-6-4-5-7-18(16)29(25,26)22-19/h4-11,13H,3,12H2,1-2H3,(H,21,22). The Morgan fingerprint density at radius 1 is 1.10 bits per heavy atom. The molecule has 0 radical (unpaired) electrons. The Bertz CT molecular complexity index is 1060. The van der Waals surface area contributed by atoms with Gasteiger partial charge in [0.15, 0.2) is 12.4 Å². The summed E-state index contributed by atoms with van der Waals surface area (Å²) in [6, 6.07) is 11.8. The van der Waals surface area contributed by atoms with Gasteiger partial charge >= 0.3 is 5.97 Å². The van der Waals surface area contributed by atoms with Crippen LogP contribution in [0.25, 0.3) is 0 Å². The van der Waals surface area contributed by atoms with Crippen LogP contribution >= 0.6 is 0 Å². The van der Waals surface area contributed by atoms with Gasteiger partial charge in [-0.05, 0) is 50.2 Å². The number of esters is 1. The summed E-state index contributed by atoms with van der Waals surface area (Å²) in [5, 5.41) is 0. The number of Topliss-reactive ketones (excluding diaryl/α,β-unsaturated/α-hetero) is 1. The van der Waals surface area contributed by atoms with E-state index in [-0.39, 0.29) is 16.5 Å². The number of sulfonamides is 1. The molecule has 1 unspecified atom stereocenters. The quantitative estimate of drug-likeness (QED) is 0.545. The Hall–Kier alpha value is -3.20. The van der Waals surface area contributed by atoms with E-state index in [1.54, 1.807) is 42.5 Å². The van der Waals surface area contributed by atoms with Crippen molar-refractivity contribution in [1.82, 2.24) is 4.72 Å². The van der Waals surface area contributed by atoms with Crippen molar-refractivity contribution in [3.05, 3.63) is 59.7 Å². The molecule has 0 aliphatic carbocycles. The first-order chi connectivity index (χ1) is 13.8. The molecule has 0 bridgehead atoms. The highest BCUT2D eigenvalue weighted by Gasteiger charge is 2.31. The Morgan fingerprint density at radius 3 is 2.48 bits per heavy atom. The molecule has 152 valence electrons. The first-order valence-corrected chi connectivity index (χ1v) is 10.4. The van der Waals surface area contributed by atoms with Gasteiger partial charge in [0.1, 0.15) is 17.6 Å². The maximum atomic E-state index is 12.2. The monoisotopic (exact) mass is 416 g/mol. The van der Waals surface area contributed by atoms with Crippen molar-refractivity contribution in [2.24, 2.45) is 4.99 Å². The predicted molar refractivity (Wildman–Crippen MR) is 106 cm³/mol. The maximum Gasteiger partial charge on any atom is 0.331 e.